The third-order valence-electron chi connectivity index (χ3n) is 5.45. The van der Waals surface area contributed by atoms with Gasteiger partial charge in [-0.1, -0.05) is 18.2 Å². The van der Waals surface area contributed by atoms with Crippen LogP contribution in [0.4, 0.5) is 5.69 Å². The van der Waals surface area contributed by atoms with Crippen LogP contribution in [0.1, 0.15) is 38.2 Å². The van der Waals surface area contributed by atoms with Gasteiger partial charge in [-0.2, -0.15) is 0 Å². The molecular weight excluding hydrogens is 302 g/mol. The molecule has 5 nitrogen and oxygen atoms in total. The van der Waals surface area contributed by atoms with Gasteiger partial charge in [-0.3, -0.25) is 9.59 Å². The molecule has 0 saturated carbocycles. The summed E-state index contributed by atoms with van der Waals surface area (Å²) < 4.78 is 0. The highest BCUT2D eigenvalue weighted by molar-refractivity contribution is 5.96. The van der Waals surface area contributed by atoms with Gasteiger partial charge in [0.15, 0.2) is 0 Å². The van der Waals surface area contributed by atoms with Gasteiger partial charge < -0.3 is 16.0 Å². The van der Waals surface area contributed by atoms with Crippen LogP contribution in [0.2, 0.25) is 0 Å². The van der Waals surface area contributed by atoms with Crippen molar-refractivity contribution in [3.8, 4) is 0 Å². The van der Waals surface area contributed by atoms with E-state index in [4.69, 9.17) is 5.73 Å². The van der Waals surface area contributed by atoms with Gasteiger partial charge in [0.25, 0.3) is 0 Å². The zero-order valence-corrected chi connectivity index (χ0v) is 14.3. The Hall–Kier alpha value is -1.88. The molecule has 1 fully saturated rings. The van der Waals surface area contributed by atoms with Crippen molar-refractivity contribution in [2.24, 2.45) is 17.6 Å². The minimum atomic E-state index is -0.106. The molecule has 2 amide bonds. The average molecular weight is 329 g/mol. The monoisotopic (exact) mass is 329 g/mol. The second kappa shape index (κ2) is 7.34. The van der Waals surface area contributed by atoms with Crippen LogP contribution in [0.25, 0.3) is 0 Å². The van der Waals surface area contributed by atoms with E-state index >= 15 is 0 Å². The lowest BCUT2D eigenvalue weighted by atomic mass is 9.88. The maximum absolute atomic E-state index is 12.4. The third kappa shape index (κ3) is 3.78. The first kappa shape index (κ1) is 17.0. The van der Waals surface area contributed by atoms with E-state index < -0.39 is 0 Å². The van der Waals surface area contributed by atoms with Crippen molar-refractivity contribution in [2.45, 2.75) is 45.1 Å². The molecule has 24 heavy (non-hydrogen) atoms. The van der Waals surface area contributed by atoms with Crippen molar-refractivity contribution in [3.63, 3.8) is 0 Å². The topological polar surface area (TPSA) is 75.4 Å². The number of rotatable bonds is 4. The lowest BCUT2D eigenvalue weighted by Gasteiger charge is -2.34. The molecule has 2 unspecified atom stereocenters. The van der Waals surface area contributed by atoms with Crippen LogP contribution in [0, 0.1) is 11.8 Å². The number of para-hydroxylation sites is 1. The summed E-state index contributed by atoms with van der Waals surface area (Å²) in [6.45, 7) is 3.64. The van der Waals surface area contributed by atoms with Crippen LogP contribution < -0.4 is 11.1 Å². The summed E-state index contributed by atoms with van der Waals surface area (Å²) in [5.74, 6) is 0.627. The van der Waals surface area contributed by atoms with Crippen LogP contribution in [0.3, 0.4) is 0 Å². The fraction of sp³-hybridized carbons (Fsp3) is 0.579. The number of piperidine rings is 1. The molecule has 1 aromatic carbocycles. The first-order valence-corrected chi connectivity index (χ1v) is 8.96. The Morgan fingerprint density at radius 1 is 1.33 bits per heavy atom. The number of hydrogen-bond acceptors (Lipinski definition) is 3. The van der Waals surface area contributed by atoms with Gasteiger partial charge in [0.1, 0.15) is 0 Å². The number of carbonyl (C=O) groups is 2. The van der Waals surface area contributed by atoms with E-state index in [-0.39, 0.29) is 23.8 Å². The van der Waals surface area contributed by atoms with Crippen LogP contribution in [0.5, 0.6) is 0 Å². The fourth-order valence-corrected chi connectivity index (χ4v) is 3.78. The molecule has 0 aromatic heterocycles. The molecule has 2 aliphatic heterocycles. The molecule has 2 heterocycles. The lowest BCUT2D eigenvalue weighted by Crippen LogP contribution is -2.42. The third-order valence-corrected chi connectivity index (χ3v) is 5.45. The van der Waals surface area contributed by atoms with Crippen molar-refractivity contribution >= 4 is 17.5 Å². The number of amides is 2. The summed E-state index contributed by atoms with van der Waals surface area (Å²) in [4.78, 5) is 26.6. The molecule has 3 N–H and O–H groups in total. The zero-order chi connectivity index (χ0) is 17.1. The summed E-state index contributed by atoms with van der Waals surface area (Å²) in [5, 5.41) is 2.95. The van der Waals surface area contributed by atoms with E-state index in [1.165, 1.54) is 0 Å². The fourth-order valence-electron chi connectivity index (χ4n) is 3.78. The number of hydrogen-bond donors (Lipinski definition) is 2. The van der Waals surface area contributed by atoms with E-state index in [0.717, 1.165) is 43.6 Å². The van der Waals surface area contributed by atoms with E-state index in [1.54, 1.807) is 0 Å². The van der Waals surface area contributed by atoms with Gasteiger partial charge in [-0.25, -0.2) is 0 Å². The second-order valence-corrected chi connectivity index (χ2v) is 7.16. The Morgan fingerprint density at radius 3 is 2.75 bits per heavy atom. The number of carbonyl (C=O) groups excluding carboxylic acids is 2. The summed E-state index contributed by atoms with van der Waals surface area (Å²) >= 11 is 0. The van der Waals surface area contributed by atoms with Gasteiger partial charge in [0.2, 0.25) is 11.8 Å². The van der Waals surface area contributed by atoms with Crippen molar-refractivity contribution in [2.75, 3.05) is 18.4 Å². The summed E-state index contributed by atoms with van der Waals surface area (Å²) in [7, 11) is 0. The number of likely N-dealkylation sites (tertiary alicyclic amines) is 1. The average Bonchev–Trinajstić information content (AvgIpc) is 2.59. The highest BCUT2D eigenvalue weighted by Crippen LogP contribution is 2.28. The largest absolute Gasteiger partial charge is 0.343 e. The predicted octanol–water partition coefficient (Wildman–Crippen LogP) is 2.16. The molecule has 2 atom stereocenters. The van der Waals surface area contributed by atoms with E-state index in [2.05, 4.69) is 5.32 Å². The SMILES string of the molecule is CC(N)C1CCN(C(=O)CCC2Cc3ccccc3NC2=O)CC1. The van der Waals surface area contributed by atoms with Crippen LogP contribution >= 0.6 is 0 Å². The first-order chi connectivity index (χ1) is 11.5. The predicted molar refractivity (Wildman–Crippen MR) is 94.5 cm³/mol. The van der Waals surface area contributed by atoms with Crippen molar-refractivity contribution in [1.29, 1.82) is 0 Å². The van der Waals surface area contributed by atoms with Gasteiger partial charge in [-0.15, -0.1) is 0 Å². The highest BCUT2D eigenvalue weighted by Gasteiger charge is 2.28. The lowest BCUT2D eigenvalue weighted by molar-refractivity contribution is -0.133. The maximum Gasteiger partial charge on any atom is 0.227 e. The van der Waals surface area contributed by atoms with Crippen molar-refractivity contribution in [3.05, 3.63) is 29.8 Å². The summed E-state index contributed by atoms with van der Waals surface area (Å²) in [6, 6.07) is 8.09. The first-order valence-electron chi connectivity index (χ1n) is 8.96. The maximum atomic E-state index is 12.4. The van der Waals surface area contributed by atoms with Gasteiger partial charge in [0, 0.05) is 37.2 Å². The highest BCUT2D eigenvalue weighted by atomic mass is 16.2. The Bertz CT molecular complexity index is 606. The van der Waals surface area contributed by atoms with Crippen LogP contribution in [0.15, 0.2) is 24.3 Å². The molecule has 0 radical (unpaired) electrons. The molecule has 5 heteroatoms. The summed E-state index contributed by atoms with van der Waals surface area (Å²) in [6.07, 6.45) is 3.76. The Balaban J connectivity index is 1.49. The number of fused-ring (bicyclic) bond motifs is 1. The van der Waals surface area contributed by atoms with Gasteiger partial charge in [-0.05, 0) is 50.2 Å². The second-order valence-electron chi connectivity index (χ2n) is 7.16. The Morgan fingerprint density at radius 2 is 2.04 bits per heavy atom. The molecule has 0 aliphatic carbocycles. The molecule has 130 valence electrons. The quantitative estimate of drug-likeness (QED) is 0.889. The van der Waals surface area contributed by atoms with Gasteiger partial charge in [0.05, 0.1) is 0 Å². The van der Waals surface area contributed by atoms with E-state index in [1.807, 2.05) is 36.1 Å². The number of anilines is 1. The normalized spacial score (nSPS) is 22.7. The molecule has 1 aromatic rings. The van der Waals surface area contributed by atoms with Gasteiger partial charge >= 0.3 is 0 Å². The molecular formula is C19H27N3O2. The number of nitrogens with zero attached hydrogens (tertiary/aromatic N) is 1. The Labute approximate surface area is 143 Å². The standard InChI is InChI=1S/C19H27N3O2/c1-13(20)14-8-10-22(11-9-14)18(23)7-6-16-12-15-4-2-3-5-17(15)21-19(16)24/h2-5,13-14,16H,6-12,20H2,1H3,(H,21,24). The molecule has 1 saturated heterocycles. The molecule has 3 rings (SSSR count). The van der Waals surface area contributed by atoms with E-state index in [9.17, 15) is 9.59 Å². The smallest absolute Gasteiger partial charge is 0.227 e. The van der Waals surface area contributed by atoms with Crippen LogP contribution in [-0.2, 0) is 16.0 Å². The van der Waals surface area contributed by atoms with Crippen molar-refractivity contribution < 1.29 is 9.59 Å². The minimum absolute atomic E-state index is 0.0390. The van der Waals surface area contributed by atoms with Crippen LogP contribution in [-0.4, -0.2) is 35.8 Å². The number of benzene rings is 1. The van der Waals surface area contributed by atoms with Crippen molar-refractivity contribution in [1.82, 2.24) is 4.90 Å². The molecule has 2 aliphatic rings. The zero-order valence-electron chi connectivity index (χ0n) is 14.3. The number of nitrogens with one attached hydrogen (secondary N) is 1. The number of nitrogens with two attached hydrogens (primary N) is 1. The minimum Gasteiger partial charge on any atom is -0.343 e. The molecule has 0 spiro atoms. The summed E-state index contributed by atoms with van der Waals surface area (Å²) in [5.41, 5.74) is 8.02. The molecule has 0 bridgehead atoms. The van der Waals surface area contributed by atoms with E-state index in [0.29, 0.717) is 18.8 Å². The Kier molecular flexibility index (Phi) is 5.19.